The standard InChI is InChI=1S/C12H15N3O/c1-8-7-14-12(16)15(8)11-5-3-10(4-6-11)9(2)13/h3-7,9H,13H2,1-2H3,(H,14,16)/t9-/m0/s1. The van der Waals surface area contributed by atoms with Crippen LogP contribution in [0.3, 0.4) is 0 Å². The van der Waals surface area contributed by atoms with E-state index in [1.807, 2.05) is 38.1 Å². The lowest BCUT2D eigenvalue weighted by Gasteiger charge is -2.08. The lowest BCUT2D eigenvalue weighted by molar-refractivity contribution is 0.816. The zero-order chi connectivity index (χ0) is 11.7. The van der Waals surface area contributed by atoms with Gasteiger partial charge in [-0.3, -0.25) is 4.57 Å². The lowest BCUT2D eigenvalue weighted by atomic mass is 10.1. The molecule has 2 rings (SSSR count). The molecular weight excluding hydrogens is 202 g/mol. The van der Waals surface area contributed by atoms with E-state index in [1.165, 1.54) is 0 Å². The van der Waals surface area contributed by atoms with Crippen LogP contribution in [0.4, 0.5) is 0 Å². The van der Waals surface area contributed by atoms with Crippen LogP contribution in [-0.4, -0.2) is 9.55 Å². The van der Waals surface area contributed by atoms with Gasteiger partial charge in [0.1, 0.15) is 0 Å². The molecule has 4 nitrogen and oxygen atoms in total. The van der Waals surface area contributed by atoms with E-state index in [2.05, 4.69) is 4.98 Å². The first-order valence-corrected chi connectivity index (χ1v) is 5.22. The summed E-state index contributed by atoms with van der Waals surface area (Å²) in [5, 5.41) is 0. The minimum Gasteiger partial charge on any atom is -0.324 e. The van der Waals surface area contributed by atoms with E-state index < -0.39 is 0 Å². The molecule has 0 spiro atoms. The van der Waals surface area contributed by atoms with Gasteiger partial charge in [-0.05, 0) is 31.5 Å². The first-order chi connectivity index (χ1) is 7.59. The lowest BCUT2D eigenvalue weighted by Crippen LogP contribution is -2.16. The molecule has 0 saturated heterocycles. The minimum atomic E-state index is -0.119. The van der Waals surface area contributed by atoms with Crippen LogP contribution in [0.2, 0.25) is 0 Å². The van der Waals surface area contributed by atoms with E-state index in [4.69, 9.17) is 5.73 Å². The van der Waals surface area contributed by atoms with Gasteiger partial charge in [0, 0.05) is 17.9 Å². The van der Waals surface area contributed by atoms with Gasteiger partial charge in [0.05, 0.1) is 5.69 Å². The molecule has 0 aliphatic rings. The molecule has 16 heavy (non-hydrogen) atoms. The third kappa shape index (κ3) is 1.79. The first kappa shape index (κ1) is 10.7. The van der Waals surface area contributed by atoms with Crippen LogP contribution in [0, 0.1) is 6.92 Å². The van der Waals surface area contributed by atoms with E-state index in [-0.39, 0.29) is 11.7 Å². The fourth-order valence-corrected chi connectivity index (χ4v) is 1.70. The van der Waals surface area contributed by atoms with Crippen molar-refractivity contribution in [3.63, 3.8) is 0 Å². The monoisotopic (exact) mass is 217 g/mol. The number of nitrogens with one attached hydrogen (secondary N) is 1. The van der Waals surface area contributed by atoms with Crippen LogP contribution in [0.5, 0.6) is 0 Å². The Kier molecular flexibility index (Phi) is 2.66. The minimum absolute atomic E-state index is 0.0121. The highest BCUT2D eigenvalue weighted by molar-refractivity contribution is 5.36. The summed E-state index contributed by atoms with van der Waals surface area (Å²) in [7, 11) is 0. The van der Waals surface area contributed by atoms with E-state index in [0.29, 0.717) is 0 Å². The highest BCUT2D eigenvalue weighted by Crippen LogP contribution is 2.13. The Labute approximate surface area is 93.7 Å². The summed E-state index contributed by atoms with van der Waals surface area (Å²) in [6, 6.07) is 7.71. The second-order valence-electron chi connectivity index (χ2n) is 3.95. The van der Waals surface area contributed by atoms with Gasteiger partial charge in [-0.15, -0.1) is 0 Å². The van der Waals surface area contributed by atoms with Crippen molar-refractivity contribution in [1.29, 1.82) is 0 Å². The summed E-state index contributed by atoms with van der Waals surface area (Å²) >= 11 is 0. The number of hydrogen-bond acceptors (Lipinski definition) is 2. The average molecular weight is 217 g/mol. The van der Waals surface area contributed by atoms with Crippen LogP contribution in [-0.2, 0) is 0 Å². The molecule has 3 N–H and O–H groups in total. The zero-order valence-electron chi connectivity index (χ0n) is 9.40. The fourth-order valence-electron chi connectivity index (χ4n) is 1.70. The molecule has 0 saturated carbocycles. The SMILES string of the molecule is Cc1c[nH]c(=O)n1-c1ccc([C@H](C)N)cc1. The maximum absolute atomic E-state index is 11.5. The van der Waals surface area contributed by atoms with Crippen LogP contribution in [0.15, 0.2) is 35.3 Å². The molecule has 84 valence electrons. The number of imidazole rings is 1. The molecule has 0 fully saturated rings. The Morgan fingerprint density at radius 2 is 1.94 bits per heavy atom. The maximum Gasteiger partial charge on any atom is 0.330 e. The summed E-state index contributed by atoms with van der Waals surface area (Å²) in [4.78, 5) is 14.2. The van der Waals surface area contributed by atoms with E-state index in [9.17, 15) is 4.79 Å². The third-order valence-corrected chi connectivity index (χ3v) is 2.64. The predicted molar refractivity (Wildman–Crippen MR) is 63.7 cm³/mol. The Hall–Kier alpha value is -1.81. The van der Waals surface area contributed by atoms with Crippen molar-refractivity contribution < 1.29 is 0 Å². The largest absolute Gasteiger partial charge is 0.330 e. The number of hydrogen-bond donors (Lipinski definition) is 2. The normalized spacial score (nSPS) is 12.7. The topological polar surface area (TPSA) is 63.8 Å². The maximum atomic E-state index is 11.5. The van der Waals surface area contributed by atoms with Crippen molar-refractivity contribution in [1.82, 2.24) is 9.55 Å². The van der Waals surface area contributed by atoms with E-state index >= 15 is 0 Å². The number of nitrogens with zero attached hydrogens (tertiary/aromatic N) is 1. The number of benzene rings is 1. The van der Waals surface area contributed by atoms with Crippen LogP contribution in [0.1, 0.15) is 24.2 Å². The molecule has 1 atom stereocenters. The second kappa shape index (κ2) is 3.98. The van der Waals surface area contributed by atoms with Crippen molar-refractivity contribution in [2.24, 2.45) is 5.73 Å². The molecule has 1 aromatic carbocycles. The Morgan fingerprint density at radius 3 is 2.38 bits per heavy atom. The molecule has 1 heterocycles. The molecule has 2 aromatic rings. The van der Waals surface area contributed by atoms with Gasteiger partial charge < -0.3 is 10.7 Å². The third-order valence-electron chi connectivity index (χ3n) is 2.64. The summed E-state index contributed by atoms with van der Waals surface area (Å²) in [5.74, 6) is 0. The quantitative estimate of drug-likeness (QED) is 0.800. The molecule has 4 heteroatoms. The van der Waals surface area contributed by atoms with Crippen molar-refractivity contribution >= 4 is 0 Å². The number of aromatic nitrogens is 2. The van der Waals surface area contributed by atoms with Crippen molar-refractivity contribution in [2.45, 2.75) is 19.9 Å². The Bertz CT molecular complexity index is 534. The zero-order valence-corrected chi connectivity index (χ0v) is 9.40. The molecule has 1 aromatic heterocycles. The highest BCUT2D eigenvalue weighted by atomic mass is 16.1. The summed E-state index contributed by atoms with van der Waals surface area (Å²) in [6.45, 7) is 3.82. The number of H-pyrrole nitrogens is 1. The number of aromatic amines is 1. The number of rotatable bonds is 2. The molecule has 0 unspecified atom stereocenters. The number of aryl methyl sites for hydroxylation is 1. The van der Waals surface area contributed by atoms with Crippen LogP contribution < -0.4 is 11.4 Å². The van der Waals surface area contributed by atoms with E-state index in [0.717, 1.165) is 16.9 Å². The van der Waals surface area contributed by atoms with Crippen molar-refractivity contribution in [3.05, 3.63) is 52.2 Å². The van der Waals surface area contributed by atoms with Crippen LogP contribution in [0.25, 0.3) is 5.69 Å². The van der Waals surface area contributed by atoms with Gasteiger partial charge in [0.2, 0.25) is 0 Å². The van der Waals surface area contributed by atoms with Gasteiger partial charge in [0.15, 0.2) is 0 Å². The molecule has 0 amide bonds. The highest BCUT2D eigenvalue weighted by Gasteiger charge is 2.05. The average Bonchev–Trinajstić information content (AvgIpc) is 2.59. The van der Waals surface area contributed by atoms with Gasteiger partial charge in [-0.1, -0.05) is 12.1 Å². The molecule has 0 bridgehead atoms. The smallest absolute Gasteiger partial charge is 0.324 e. The first-order valence-electron chi connectivity index (χ1n) is 5.22. The van der Waals surface area contributed by atoms with Crippen LogP contribution >= 0.6 is 0 Å². The summed E-state index contributed by atoms with van der Waals surface area (Å²) in [6.07, 6.45) is 1.70. The second-order valence-corrected chi connectivity index (χ2v) is 3.95. The molecule has 0 aliphatic heterocycles. The van der Waals surface area contributed by atoms with Gasteiger partial charge in [0.25, 0.3) is 0 Å². The van der Waals surface area contributed by atoms with Gasteiger partial charge in [-0.2, -0.15) is 0 Å². The Morgan fingerprint density at radius 1 is 1.31 bits per heavy atom. The molecular formula is C12H15N3O. The fraction of sp³-hybridized carbons (Fsp3) is 0.250. The van der Waals surface area contributed by atoms with Crippen molar-refractivity contribution in [2.75, 3.05) is 0 Å². The number of nitrogens with two attached hydrogens (primary N) is 1. The summed E-state index contributed by atoms with van der Waals surface area (Å²) in [5.41, 5.74) is 8.45. The van der Waals surface area contributed by atoms with Crippen molar-refractivity contribution in [3.8, 4) is 5.69 Å². The summed E-state index contributed by atoms with van der Waals surface area (Å²) < 4.78 is 1.63. The predicted octanol–water partition coefficient (Wildman–Crippen LogP) is 1.49. The molecule has 0 aliphatic carbocycles. The molecule has 0 radical (unpaired) electrons. The van der Waals surface area contributed by atoms with Gasteiger partial charge in [-0.25, -0.2) is 4.79 Å². The van der Waals surface area contributed by atoms with Gasteiger partial charge >= 0.3 is 5.69 Å². The Balaban J connectivity index is 2.46. The van der Waals surface area contributed by atoms with E-state index in [1.54, 1.807) is 10.8 Å².